The predicted molar refractivity (Wildman–Crippen MR) is 141 cm³/mol. The number of imide groups is 1. The molecule has 0 unspecified atom stereocenters. The SMILES string of the molecule is COc1ccc(C=C2NC(=O)N(CCCCCCCCCCCCCCCC(C)C)C2=O)cc1. The molecule has 190 valence electrons. The molecule has 34 heavy (non-hydrogen) atoms. The Morgan fingerprint density at radius 2 is 1.29 bits per heavy atom. The largest absolute Gasteiger partial charge is 0.497 e. The number of hydrogen-bond donors (Lipinski definition) is 1. The van der Waals surface area contributed by atoms with Gasteiger partial charge in [-0.3, -0.25) is 9.69 Å². The summed E-state index contributed by atoms with van der Waals surface area (Å²) in [5.41, 5.74) is 1.19. The van der Waals surface area contributed by atoms with Crippen LogP contribution in [0.5, 0.6) is 5.75 Å². The summed E-state index contributed by atoms with van der Waals surface area (Å²) < 4.78 is 5.15. The van der Waals surface area contributed by atoms with Crippen LogP contribution < -0.4 is 10.1 Å². The highest BCUT2D eigenvalue weighted by molar-refractivity contribution is 6.13. The second-order valence-electron chi connectivity index (χ2n) is 10.00. The number of carbonyl (C=O) groups excluding carboxylic acids is 2. The Hall–Kier alpha value is -2.30. The number of hydrogen-bond acceptors (Lipinski definition) is 3. The van der Waals surface area contributed by atoms with Gasteiger partial charge in [-0.05, 0) is 36.1 Å². The maximum atomic E-state index is 12.6. The zero-order valence-corrected chi connectivity index (χ0v) is 21.7. The lowest BCUT2D eigenvalue weighted by Gasteiger charge is -2.11. The van der Waals surface area contributed by atoms with Crippen LogP contribution in [-0.4, -0.2) is 30.5 Å². The highest BCUT2D eigenvalue weighted by Crippen LogP contribution is 2.18. The van der Waals surface area contributed by atoms with Crippen LogP contribution in [0, 0.1) is 5.92 Å². The number of methoxy groups -OCH3 is 1. The molecule has 1 N–H and O–H groups in total. The Labute approximate surface area is 207 Å². The number of carbonyl (C=O) groups is 2. The molecule has 0 aliphatic carbocycles. The Balaban J connectivity index is 1.48. The summed E-state index contributed by atoms with van der Waals surface area (Å²) in [6.45, 7) is 5.11. The molecule has 0 atom stereocenters. The quantitative estimate of drug-likeness (QED) is 0.136. The van der Waals surface area contributed by atoms with Crippen molar-refractivity contribution in [3.63, 3.8) is 0 Å². The first-order valence-corrected chi connectivity index (χ1v) is 13.5. The van der Waals surface area contributed by atoms with E-state index in [0.717, 1.165) is 30.1 Å². The Morgan fingerprint density at radius 3 is 1.79 bits per heavy atom. The number of nitrogens with one attached hydrogen (secondary N) is 1. The van der Waals surface area contributed by atoms with Crippen molar-refractivity contribution in [1.82, 2.24) is 10.2 Å². The predicted octanol–water partition coefficient (Wildman–Crippen LogP) is 7.71. The molecule has 3 amide bonds. The average Bonchev–Trinajstić information content (AvgIpc) is 3.09. The lowest BCUT2D eigenvalue weighted by molar-refractivity contribution is -0.122. The molecule has 0 bridgehead atoms. The van der Waals surface area contributed by atoms with E-state index >= 15 is 0 Å². The molecule has 0 spiro atoms. The van der Waals surface area contributed by atoms with Crippen molar-refractivity contribution < 1.29 is 14.3 Å². The van der Waals surface area contributed by atoms with Gasteiger partial charge in [0.25, 0.3) is 5.91 Å². The van der Waals surface area contributed by atoms with Crippen molar-refractivity contribution in [3.8, 4) is 5.75 Å². The number of ether oxygens (including phenoxy) is 1. The molecule has 1 fully saturated rings. The molecule has 5 heteroatoms. The molecule has 0 radical (unpaired) electrons. The van der Waals surface area contributed by atoms with Gasteiger partial charge in [0.1, 0.15) is 11.4 Å². The molecule has 1 heterocycles. The van der Waals surface area contributed by atoms with Crippen molar-refractivity contribution >= 4 is 18.0 Å². The smallest absolute Gasteiger partial charge is 0.329 e. The minimum Gasteiger partial charge on any atom is -0.497 e. The number of amides is 3. The van der Waals surface area contributed by atoms with Crippen molar-refractivity contribution in [2.45, 2.75) is 104 Å². The normalized spacial score (nSPS) is 14.9. The lowest BCUT2D eigenvalue weighted by atomic mass is 10.0. The fourth-order valence-electron chi connectivity index (χ4n) is 4.41. The third kappa shape index (κ3) is 10.8. The van der Waals surface area contributed by atoms with Crippen LogP contribution in [-0.2, 0) is 4.79 Å². The van der Waals surface area contributed by atoms with Gasteiger partial charge < -0.3 is 10.1 Å². The maximum Gasteiger partial charge on any atom is 0.329 e. The van der Waals surface area contributed by atoms with E-state index in [-0.39, 0.29) is 11.9 Å². The first-order chi connectivity index (χ1) is 16.5. The number of benzene rings is 1. The maximum absolute atomic E-state index is 12.6. The van der Waals surface area contributed by atoms with Crippen LogP contribution in [0.1, 0.15) is 109 Å². The van der Waals surface area contributed by atoms with Gasteiger partial charge in [0.15, 0.2) is 0 Å². The number of rotatable bonds is 18. The van der Waals surface area contributed by atoms with Crippen molar-refractivity contribution in [2.75, 3.05) is 13.7 Å². The Morgan fingerprint density at radius 1 is 0.794 bits per heavy atom. The summed E-state index contributed by atoms with van der Waals surface area (Å²) in [7, 11) is 1.62. The first-order valence-electron chi connectivity index (χ1n) is 13.5. The van der Waals surface area contributed by atoms with Gasteiger partial charge in [0.2, 0.25) is 0 Å². The van der Waals surface area contributed by atoms with E-state index in [1.807, 2.05) is 24.3 Å². The van der Waals surface area contributed by atoms with E-state index in [1.54, 1.807) is 13.2 Å². The van der Waals surface area contributed by atoms with Crippen molar-refractivity contribution in [3.05, 3.63) is 35.5 Å². The van der Waals surface area contributed by atoms with Crippen LogP contribution in [0.4, 0.5) is 4.79 Å². The van der Waals surface area contributed by atoms with E-state index in [2.05, 4.69) is 19.2 Å². The summed E-state index contributed by atoms with van der Waals surface area (Å²) >= 11 is 0. The molecule has 2 rings (SSSR count). The second kappa shape index (κ2) is 16.3. The molecule has 1 aliphatic heterocycles. The molecular formula is C29H46N2O3. The second-order valence-corrected chi connectivity index (χ2v) is 10.00. The average molecular weight is 471 g/mol. The van der Waals surface area contributed by atoms with Gasteiger partial charge in [0.05, 0.1) is 7.11 Å². The zero-order valence-electron chi connectivity index (χ0n) is 21.7. The van der Waals surface area contributed by atoms with Crippen molar-refractivity contribution in [2.24, 2.45) is 5.92 Å². The van der Waals surface area contributed by atoms with Gasteiger partial charge in [-0.25, -0.2) is 4.79 Å². The minimum atomic E-state index is -0.315. The molecule has 5 nitrogen and oxygen atoms in total. The van der Waals surface area contributed by atoms with E-state index in [9.17, 15) is 9.59 Å². The number of nitrogens with zero attached hydrogens (tertiary/aromatic N) is 1. The van der Waals surface area contributed by atoms with Crippen LogP contribution in [0.25, 0.3) is 6.08 Å². The zero-order chi connectivity index (χ0) is 24.6. The molecular weight excluding hydrogens is 424 g/mol. The van der Waals surface area contributed by atoms with E-state index in [4.69, 9.17) is 4.74 Å². The fraction of sp³-hybridized carbons (Fsp3) is 0.655. The molecule has 0 aromatic heterocycles. The van der Waals surface area contributed by atoms with Gasteiger partial charge in [-0.2, -0.15) is 0 Å². The van der Waals surface area contributed by atoms with E-state index in [1.165, 1.54) is 81.9 Å². The molecule has 1 aromatic rings. The van der Waals surface area contributed by atoms with Crippen LogP contribution in [0.3, 0.4) is 0 Å². The number of urea groups is 1. The van der Waals surface area contributed by atoms with Crippen LogP contribution in [0.15, 0.2) is 30.0 Å². The Bertz CT molecular complexity index is 755. The monoisotopic (exact) mass is 470 g/mol. The summed E-state index contributed by atoms with van der Waals surface area (Å²) in [6.07, 6.45) is 19.8. The molecule has 1 aromatic carbocycles. The number of unbranched alkanes of at least 4 members (excludes halogenated alkanes) is 12. The molecule has 1 saturated heterocycles. The summed E-state index contributed by atoms with van der Waals surface area (Å²) in [5.74, 6) is 1.37. The topological polar surface area (TPSA) is 58.6 Å². The van der Waals surface area contributed by atoms with Gasteiger partial charge >= 0.3 is 6.03 Å². The highest BCUT2D eigenvalue weighted by atomic mass is 16.5. The van der Waals surface area contributed by atoms with E-state index in [0.29, 0.717) is 12.2 Å². The fourth-order valence-corrected chi connectivity index (χ4v) is 4.41. The molecule has 1 aliphatic rings. The minimum absolute atomic E-state index is 0.235. The third-order valence-corrected chi connectivity index (χ3v) is 6.55. The molecule has 0 saturated carbocycles. The summed E-state index contributed by atoms with van der Waals surface area (Å²) in [5, 5.41) is 2.70. The summed E-state index contributed by atoms with van der Waals surface area (Å²) in [4.78, 5) is 26.1. The van der Waals surface area contributed by atoms with Gasteiger partial charge in [0, 0.05) is 6.54 Å². The summed E-state index contributed by atoms with van der Waals surface area (Å²) in [6, 6.07) is 7.08. The van der Waals surface area contributed by atoms with Crippen LogP contribution >= 0.6 is 0 Å². The Kier molecular flexibility index (Phi) is 13.4. The standard InChI is InChI=1S/C29H46N2O3/c1-24(2)17-15-13-11-9-7-5-4-6-8-10-12-14-16-22-31-28(32)27(30-29(31)33)23-25-18-20-26(34-3)21-19-25/h18-21,23-24H,4-17,22H2,1-3H3,(H,30,33). The highest BCUT2D eigenvalue weighted by Gasteiger charge is 2.32. The van der Waals surface area contributed by atoms with Crippen LogP contribution in [0.2, 0.25) is 0 Å². The lowest BCUT2D eigenvalue weighted by Crippen LogP contribution is -2.31. The first kappa shape index (κ1) is 27.9. The van der Waals surface area contributed by atoms with Gasteiger partial charge in [-0.1, -0.05) is 109 Å². The van der Waals surface area contributed by atoms with Crippen molar-refractivity contribution in [1.29, 1.82) is 0 Å². The van der Waals surface area contributed by atoms with Gasteiger partial charge in [-0.15, -0.1) is 0 Å². The third-order valence-electron chi connectivity index (χ3n) is 6.55. The van der Waals surface area contributed by atoms with E-state index < -0.39 is 0 Å².